The summed E-state index contributed by atoms with van der Waals surface area (Å²) in [6, 6.07) is 15.6. The van der Waals surface area contributed by atoms with Crippen molar-refractivity contribution >= 4 is 29.0 Å². The van der Waals surface area contributed by atoms with Crippen LogP contribution >= 0.6 is 0 Å². The van der Waals surface area contributed by atoms with Crippen LogP contribution in [0.5, 0.6) is 5.75 Å². The minimum atomic E-state index is 0.0869. The van der Waals surface area contributed by atoms with Gasteiger partial charge in [-0.3, -0.25) is 4.79 Å². The number of hydrogen-bond acceptors (Lipinski definition) is 6. The standard InChI is InChI=1S/C28H33N5O2/c1-20-19-29-28(31-22-12-14-25(15-13-22)35-24-10-3-2-4-11-24)32-26(20)30-23-9-7-8-21(18-23)27(34)33-16-5-6-17-33/h7-9,12-15,18-19,24H,2-6,10-11,16-17H2,1H3,(H2,29,30,31,32). The van der Waals surface area contributed by atoms with Gasteiger partial charge in [-0.1, -0.05) is 12.5 Å². The van der Waals surface area contributed by atoms with E-state index >= 15 is 0 Å². The van der Waals surface area contributed by atoms with Crippen LogP contribution in [0, 0.1) is 6.92 Å². The molecule has 0 radical (unpaired) electrons. The Morgan fingerprint density at radius 1 is 0.943 bits per heavy atom. The highest BCUT2D eigenvalue weighted by Crippen LogP contribution is 2.26. The van der Waals surface area contributed by atoms with Crippen LogP contribution in [0.15, 0.2) is 54.7 Å². The first kappa shape index (κ1) is 23.1. The molecule has 2 heterocycles. The molecule has 0 bridgehead atoms. The van der Waals surface area contributed by atoms with E-state index in [1.54, 1.807) is 6.20 Å². The largest absolute Gasteiger partial charge is 0.490 e. The highest BCUT2D eigenvalue weighted by Gasteiger charge is 2.20. The van der Waals surface area contributed by atoms with Crippen molar-refractivity contribution in [2.75, 3.05) is 23.7 Å². The van der Waals surface area contributed by atoms with Crippen molar-refractivity contribution in [1.82, 2.24) is 14.9 Å². The number of anilines is 4. The maximum Gasteiger partial charge on any atom is 0.253 e. The number of nitrogens with zero attached hydrogens (tertiary/aromatic N) is 3. The zero-order valence-electron chi connectivity index (χ0n) is 20.3. The number of aromatic nitrogens is 2. The molecule has 182 valence electrons. The van der Waals surface area contributed by atoms with Gasteiger partial charge in [0.1, 0.15) is 11.6 Å². The lowest BCUT2D eigenvalue weighted by Gasteiger charge is -2.23. The third-order valence-corrected chi connectivity index (χ3v) is 6.70. The Morgan fingerprint density at radius 3 is 2.49 bits per heavy atom. The maximum absolute atomic E-state index is 12.8. The fourth-order valence-corrected chi connectivity index (χ4v) is 4.72. The van der Waals surface area contributed by atoms with Crippen molar-refractivity contribution in [1.29, 1.82) is 0 Å². The molecule has 7 nitrogen and oxygen atoms in total. The molecule has 1 amide bonds. The van der Waals surface area contributed by atoms with Crippen LogP contribution < -0.4 is 15.4 Å². The number of aryl methyl sites for hydroxylation is 1. The Morgan fingerprint density at radius 2 is 1.71 bits per heavy atom. The number of rotatable bonds is 7. The summed E-state index contributed by atoms with van der Waals surface area (Å²) in [7, 11) is 0. The number of benzene rings is 2. The van der Waals surface area contributed by atoms with Gasteiger partial charge in [0, 0.05) is 41.8 Å². The van der Waals surface area contributed by atoms with Gasteiger partial charge in [-0.2, -0.15) is 4.98 Å². The molecule has 2 fully saturated rings. The predicted molar refractivity (Wildman–Crippen MR) is 139 cm³/mol. The van der Waals surface area contributed by atoms with Crippen LogP contribution in [0.1, 0.15) is 60.9 Å². The molecule has 2 aliphatic rings. The summed E-state index contributed by atoms with van der Waals surface area (Å²) in [6.45, 7) is 3.64. The summed E-state index contributed by atoms with van der Waals surface area (Å²) in [4.78, 5) is 23.8. The van der Waals surface area contributed by atoms with E-state index in [1.807, 2.05) is 60.4 Å². The molecule has 0 atom stereocenters. The number of likely N-dealkylation sites (tertiary alicyclic amines) is 1. The zero-order chi connectivity index (χ0) is 24.0. The van der Waals surface area contributed by atoms with E-state index in [2.05, 4.69) is 20.6 Å². The van der Waals surface area contributed by atoms with E-state index in [9.17, 15) is 4.79 Å². The molecule has 1 saturated heterocycles. The van der Waals surface area contributed by atoms with E-state index in [0.717, 1.165) is 61.5 Å². The van der Waals surface area contributed by atoms with Crippen LogP contribution in [0.4, 0.5) is 23.1 Å². The summed E-state index contributed by atoms with van der Waals surface area (Å²) in [5.74, 6) is 2.19. The van der Waals surface area contributed by atoms with E-state index in [0.29, 0.717) is 23.4 Å². The first-order chi connectivity index (χ1) is 17.1. The maximum atomic E-state index is 12.8. The minimum absolute atomic E-state index is 0.0869. The van der Waals surface area contributed by atoms with Crippen molar-refractivity contribution in [3.63, 3.8) is 0 Å². The summed E-state index contributed by atoms with van der Waals surface area (Å²) < 4.78 is 6.12. The molecular formula is C28H33N5O2. The summed E-state index contributed by atoms with van der Waals surface area (Å²) in [6.07, 6.45) is 10.4. The Balaban J connectivity index is 1.24. The minimum Gasteiger partial charge on any atom is -0.490 e. The van der Waals surface area contributed by atoms with Crippen molar-refractivity contribution in [3.8, 4) is 5.75 Å². The van der Waals surface area contributed by atoms with Crippen molar-refractivity contribution in [3.05, 3.63) is 65.9 Å². The molecule has 7 heteroatoms. The first-order valence-corrected chi connectivity index (χ1v) is 12.7. The normalized spacial score (nSPS) is 16.2. The van der Waals surface area contributed by atoms with Crippen LogP contribution in [0.2, 0.25) is 0 Å². The molecule has 2 aromatic carbocycles. The van der Waals surface area contributed by atoms with E-state index in [4.69, 9.17) is 4.74 Å². The van der Waals surface area contributed by atoms with E-state index in [-0.39, 0.29) is 5.91 Å². The Labute approximate surface area is 206 Å². The van der Waals surface area contributed by atoms with E-state index in [1.165, 1.54) is 19.3 Å². The van der Waals surface area contributed by atoms with Crippen molar-refractivity contribution in [2.45, 2.75) is 58.0 Å². The average molecular weight is 472 g/mol. The quantitative estimate of drug-likeness (QED) is 0.426. The highest BCUT2D eigenvalue weighted by molar-refractivity contribution is 5.95. The van der Waals surface area contributed by atoms with Gasteiger partial charge in [0.15, 0.2) is 0 Å². The SMILES string of the molecule is Cc1cnc(Nc2ccc(OC3CCCCC3)cc2)nc1Nc1cccc(C(=O)N2CCCC2)c1. The average Bonchev–Trinajstić information content (AvgIpc) is 3.43. The topological polar surface area (TPSA) is 79.4 Å². The van der Waals surface area contributed by atoms with E-state index < -0.39 is 0 Å². The number of carbonyl (C=O) groups is 1. The third kappa shape index (κ3) is 5.91. The van der Waals surface area contributed by atoms with Crippen LogP contribution in [0.25, 0.3) is 0 Å². The second-order valence-corrected chi connectivity index (χ2v) is 9.46. The summed E-state index contributed by atoms with van der Waals surface area (Å²) in [5.41, 5.74) is 3.33. The predicted octanol–water partition coefficient (Wildman–Crippen LogP) is 6.22. The molecule has 2 N–H and O–H groups in total. The fourth-order valence-electron chi connectivity index (χ4n) is 4.72. The lowest BCUT2D eigenvalue weighted by Crippen LogP contribution is -2.27. The van der Waals surface area contributed by atoms with Crippen molar-refractivity contribution < 1.29 is 9.53 Å². The number of hydrogen-bond donors (Lipinski definition) is 2. The Bertz CT molecular complexity index is 1150. The third-order valence-electron chi connectivity index (χ3n) is 6.70. The summed E-state index contributed by atoms with van der Waals surface area (Å²) >= 11 is 0. The molecule has 0 unspecified atom stereocenters. The van der Waals surface area contributed by atoms with Gasteiger partial charge in [-0.05, 0) is 87.9 Å². The molecule has 3 aromatic rings. The van der Waals surface area contributed by atoms with Gasteiger partial charge < -0.3 is 20.3 Å². The van der Waals surface area contributed by atoms with Crippen LogP contribution in [-0.4, -0.2) is 40.0 Å². The Hall–Kier alpha value is -3.61. The second kappa shape index (κ2) is 10.8. The van der Waals surface area contributed by atoms with Gasteiger partial charge in [0.25, 0.3) is 5.91 Å². The van der Waals surface area contributed by atoms with Gasteiger partial charge >= 0.3 is 0 Å². The number of ether oxygens (including phenoxy) is 1. The number of amides is 1. The first-order valence-electron chi connectivity index (χ1n) is 12.7. The van der Waals surface area contributed by atoms with Crippen LogP contribution in [-0.2, 0) is 0 Å². The molecule has 35 heavy (non-hydrogen) atoms. The van der Waals surface area contributed by atoms with Crippen LogP contribution in [0.3, 0.4) is 0 Å². The second-order valence-electron chi connectivity index (χ2n) is 9.46. The Kier molecular flexibility index (Phi) is 7.12. The van der Waals surface area contributed by atoms with Gasteiger partial charge in [-0.25, -0.2) is 4.98 Å². The number of nitrogens with one attached hydrogen (secondary N) is 2. The lowest BCUT2D eigenvalue weighted by atomic mass is 9.98. The lowest BCUT2D eigenvalue weighted by molar-refractivity contribution is 0.0793. The highest BCUT2D eigenvalue weighted by atomic mass is 16.5. The monoisotopic (exact) mass is 471 g/mol. The van der Waals surface area contributed by atoms with Gasteiger partial charge in [0.2, 0.25) is 5.95 Å². The molecule has 5 rings (SSSR count). The fraction of sp³-hybridized carbons (Fsp3) is 0.393. The molecule has 1 aliphatic carbocycles. The molecular weight excluding hydrogens is 438 g/mol. The number of carbonyl (C=O) groups excluding carboxylic acids is 1. The smallest absolute Gasteiger partial charge is 0.253 e. The van der Waals surface area contributed by atoms with Gasteiger partial charge in [0.05, 0.1) is 6.10 Å². The molecule has 0 spiro atoms. The van der Waals surface area contributed by atoms with Crippen molar-refractivity contribution in [2.24, 2.45) is 0 Å². The summed E-state index contributed by atoms with van der Waals surface area (Å²) in [5, 5.41) is 6.63. The molecule has 1 aromatic heterocycles. The molecule has 1 saturated carbocycles. The zero-order valence-corrected chi connectivity index (χ0v) is 20.3. The molecule has 1 aliphatic heterocycles. The van der Waals surface area contributed by atoms with Gasteiger partial charge in [-0.15, -0.1) is 0 Å².